The van der Waals surface area contributed by atoms with Crippen molar-refractivity contribution < 1.29 is 32.7 Å². The summed E-state index contributed by atoms with van der Waals surface area (Å²) in [6.07, 6.45) is 13.7. The van der Waals surface area contributed by atoms with Gasteiger partial charge in [0.15, 0.2) is 0 Å². The SMILES string of the molecule is [CH2-]CCCCCC(C)CCCC(C)CC(C)CC.[CH3-].[Y]. The Morgan fingerprint density at radius 2 is 1.30 bits per heavy atom. The van der Waals surface area contributed by atoms with Crippen LogP contribution in [0.25, 0.3) is 0 Å². The molecular weight excluding hydrogens is 317 g/mol. The van der Waals surface area contributed by atoms with Crippen LogP contribution in [0, 0.1) is 32.1 Å². The molecular formula is C19H40Y-2. The van der Waals surface area contributed by atoms with Crippen molar-refractivity contribution in [2.75, 3.05) is 0 Å². The van der Waals surface area contributed by atoms with Crippen molar-refractivity contribution in [3.63, 3.8) is 0 Å². The van der Waals surface area contributed by atoms with Gasteiger partial charge >= 0.3 is 0 Å². The molecule has 0 bridgehead atoms. The van der Waals surface area contributed by atoms with Crippen LogP contribution in [0.4, 0.5) is 0 Å². The molecule has 0 spiro atoms. The first-order valence-electron chi connectivity index (χ1n) is 8.39. The summed E-state index contributed by atoms with van der Waals surface area (Å²) in [4.78, 5) is 0. The smallest absolute Gasteiger partial charge is 0 e. The maximum atomic E-state index is 3.90. The first-order valence-corrected chi connectivity index (χ1v) is 8.39. The zero-order valence-electron chi connectivity index (χ0n) is 15.1. The Balaban J connectivity index is -0.00000144. The van der Waals surface area contributed by atoms with Gasteiger partial charge < -0.3 is 14.4 Å². The second-order valence-electron chi connectivity index (χ2n) is 6.59. The monoisotopic (exact) mass is 357 g/mol. The van der Waals surface area contributed by atoms with Crippen LogP contribution in [0.2, 0.25) is 0 Å². The Labute approximate surface area is 156 Å². The molecule has 20 heavy (non-hydrogen) atoms. The second kappa shape index (κ2) is 18.2. The van der Waals surface area contributed by atoms with Crippen molar-refractivity contribution >= 4 is 0 Å². The fraction of sp³-hybridized carbons (Fsp3) is 0.895. The van der Waals surface area contributed by atoms with Crippen LogP contribution in [0.3, 0.4) is 0 Å². The quantitative estimate of drug-likeness (QED) is 0.258. The minimum absolute atomic E-state index is 0. The molecule has 0 aromatic carbocycles. The van der Waals surface area contributed by atoms with Crippen LogP contribution < -0.4 is 0 Å². The Morgan fingerprint density at radius 1 is 0.750 bits per heavy atom. The molecule has 3 unspecified atom stereocenters. The molecule has 1 heteroatoms. The van der Waals surface area contributed by atoms with Crippen LogP contribution in [-0.4, -0.2) is 0 Å². The molecule has 0 saturated carbocycles. The maximum Gasteiger partial charge on any atom is 0 e. The number of unbranched alkanes of at least 4 members (excludes halogenated alkanes) is 3. The molecule has 0 aromatic rings. The molecule has 0 aliphatic heterocycles. The van der Waals surface area contributed by atoms with Crippen LogP contribution in [0.15, 0.2) is 0 Å². The van der Waals surface area contributed by atoms with Gasteiger partial charge in [0, 0.05) is 32.7 Å². The van der Waals surface area contributed by atoms with E-state index in [2.05, 4.69) is 34.6 Å². The largest absolute Gasteiger partial charge is 0.358 e. The fourth-order valence-electron chi connectivity index (χ4n) is 2.78. The van der Waals surface area contributed by atoms with E-state index in [0.717, 1.165) is 24.2 Å². The molecule has 0 nitrogen and oxygen atoms in total. The standard InChI is InChI=1S/C18H37.CH3.Y/c1-6-8-9-10-12-17(4)13-11-14-18(5)15-16(3)7-2;;/h16-18H,1,6-15H2,2-5H3;1H3;/q2*-1;. The minimum atomic E-state index is 0. The van der Waals surface area contributed by atoms with Crippen molar-refractivity contribution in [1.29, 1.82) is 0 Å². The second-order valence-corrected chi connectivity index (χ2v) is 6.59. The normalized spacial score (nSPS) is 14.8. The van der Waals surface area contributed by atoms with Gasteiger partial charge in [0.2, 0.25) is 0 Å². The topological polar surface area (TPSA) is 0 Å². The van der Waals surface area contributed by atoms with E-state index in [1.807, 2.05) is 0 Å². The third kappa shape index (κ3) is 17.2. The van der Waals surface area contributed by atoms with Crippen molar-refractivity contribution in [2.24, 2.45) is 17.8 Å². The van der Waals surface area contributed by atoms with Gasteiger partial charge in [-0.25, -0.2) is 0 Å². The first-order chi connectivity index (χ1) is 8.60. The molecule has 0 heterocycles. The van der Waals surface area contributed by atoms with Crippen molar-refractivity contribution in [3.05, 3.63) is 14.4 Å². The Morgan fingerprint density at radius 3 is 1.85 bits per heavy atom. The third-order valence-electron chi connectivity index (χ3n) is 4.34. The molecule has 3 atom stereocenters. The summed E-state index contributed by atoms with van der Waals surface area (Å²) in [5.41, 5.74) is 0. The van der Waals surface area contributed by atoms with Gasteiger partial charge in [0.05, 0.1) is 0 Å². The predicted octanol–water partition coefficient (Wildman–Crippen LogP) is 7.10. The Kier molecular flexibility index (Phi) is 23.6. The first kappa shape index (κ1) is 26.0. The molecule has 0 amide bonds. The fourth-order valence-corrected chi connectivity index (χ4v) is 2.78. The van der Waals surface area contributed by atoms with E-state index in [1.54, 1.807) is 0 Å². The average Bonchev–Trinajstić information content (AvgIpc) is 2.34. The molecule has 1 radical (unpaired) electrons. The van der Waals surface area contributed by atoms with E-state index >= 15 is 0 Å². The van der Waals surface area contributed by atoms with Crippen LogP contribution in [0.1, 0.15) is 91.9 Å². The van der Waals surface area contributed by atoms with Gasteiger partial charge in [0.25, 0.3) is 0 Å². The van der Waals surface area contributed by atoms with Crippen LogP contribution in [-0.2, 0) is 32.7 Å². The molecule has 0 saturated heterocycles. The van der Waals surface area contributed by atoms with Crippen molar-refractivity contribution in [3.8, 4) is 0 Å². The van der Waals surface area contributed by atoms with Gasteiger partial charge in [-0.15, -0.1) is 0 Å². The van der Waals surface area contributed by atoms with E-state index in [0.29, 0.717) is 0 Å². The van der Waals surface area contributed by atoms with E-state index in [1.165, 1.54) is 57.8 Å². The summed E-state index contributed by atoms with van der Waals surface area (Å²) >= 11 is 0. The molecule has 0 rings (SSSR count). The summed E-state index contributed by atoms with van der Waals surface area (Å²) in [5.74, 6) is 2.78. The number of hydrogen-bond donors (Lipinski definition) is 0. The van der Waals surface area contributed by atoms with Gasteiger partial charge in [-0.1, -0.05) is 79.1 Å². The van der Waals surface area contributed by atoms with E-state index in [4.69, 9.17) is 0 Å². The van der Waals surface area contributed by atoms with Crippen LogP contribution >= 0.6 is 0 Å². The Bertz CT molecular complexity index is 167. The molecule has 0 aliphatic rings. The minimum Gasteiger partial charge on any atom is -0.358 e. The summed E-state index contributed by atoms with van der Waals surface area (Å²) < 4.78 is 0. The average molecular weight is 357 g/mol. The summed E-state index contributed by atoms with van der Waals surface area (Å²) in [7, 11) is 0. The third-order valence-corrected chi connectivity index (χ3v) is 4.34. The number of hydrogen-bond acceptors (Lipinski definition) is 0. The van der Waals surface area contributed by atoms with E-state index in [9.17, 15) is 0 Å². The molecule has 121 valence electrons. The van der Waals surface area contributed by atoms with Crippen molar-refractivity contribution in [1.82, 2.24) is 0 Å². The zero-order valence-corrected chi connectivity index (χ0v) is 17.9. The number of rotatable bonds is 12. The summed E-state index contributed by atoms with van der Waals surface area (Å²) in [5, 5.41) is 0. The van der Waals surface area contributed by atoms with Gasteiger partial charge in [0.1, 0.15) is 0 Å². The molecule has 0 fully saturated rings. The van der Waals surface area contributed by atoms with Gasteiger partial charge in [-0.2, -0.15) is 6.42 Å². The van der Waals surface area contributed by atoms with Crippen molar-refractivity contribution in [2.45, 2.75) is 91.9 Å². The summed E-state index contributed by atoms with van der Waals surface area (Å²) in [6.45, 7) is 13.5. The molecule has 0 N–H and O–H groups in total. The molecule has 0 aromatic heterocycles. The zero-order chi connectivity index (χ0) is 13.8. The maximum absolute atomic E-state index is 3.90. The van der Waals surface area contributed by atoms with E-state index < -0.39 is 0 Å². The van der Waals surface area contributed by atoms with Gasteiger partial charge in [-0.05, 0) is 24.2 Å². The Hall–Kier alpha value is 1.10. The summed E-state index contributed by atoms with van der Waals surface area (Å²) in [6, 6.07) is 0. The van der Waals surface area contributed by atoms with Gasteiger partial charge in [-0.3, -0.25) is 0 Å². The van der Waals surface area contributed by atoms with E-state index in [-0.39, 0.29) is 40.1 Å². The predicted molar refractivity (Wildman–Crippen MR) is 91.1 cm³/mol. The molecule has 0 aliphatic carbocycles. The van der Waals surface area contributed by atoms with Crippen LogP contribution in [0.5, 0.6) is 0 Å².